The lowest BCUT2D eigenvalue weighted by Gasteiger charge is -2.04. The molecule has 0 radical (unpaired) electrons. The van der Waals surface area contributed by atoms with Crippen molar-refractivity contribution in [3.05, 3.63) is 39.9 Å². The molecule has 0 fully saturated rings. The molecular formula is C9H5ClF2N2OS. The van der Waals surface area contributed by atoms with Gasteiger partial charge in [-0.05, 0) is 12.1 Å². The number of rotatable bonds is 3. The average molecular weight is 263 g/mol. The van der Waals surface area contributed by atoms with Crippen molar-refractivity contribution >= 4 is 23.1 Å². The summed E-state index contributed by atoms with van der Waals surface area (Å²) in [5.74, 6) is -1.47. The second kappa shape index (κ2) is 4.71. The third-order valence-electron chi connectivity index (χ3n) is 1.77. The maximum absolute atomic E-state index is 13.1. The Balaban J connectivity index is 2.08. The highest BCUT2D eigenvalue weighted by Gasteiger charge is 2.09. The minimum absolute atomic E-state index is 0.00210. The molecule has 16 heavy (non-hydrogen) atoms. The van der Waals surface area contributed by atoms with E-state index in [0.29, 0.717) is 10.0 Å². The summed E-state index contributed by atoms with van der Waals surface area (Å²) in [4.78, 5) is 0. The fraction of sp³-hybridized carbons (Fsp3) is 0.111. The largest absolute Gasteiger partial charge is 0.484 e. The number of aromatic nitrogens is 2. The molecule has 84 valence electrons. The molecule has 0 bridgehead atoms. The second-order valence-corrected chi connectivity index (χ2v) is 4.21. The molecule has 0 aliphatic carbocycles. The van der Waals surface area contributed by atoms with Crippen LogP contribution < -0.4 is 4.74 Å². The number of hydrogen-bond acceptors (Lipinski definition) is 4. The molecule has 2 aromatic rings. The van der Waals surface area contributed by atoms with Gasteiger partial charge in [0.05, 0.1) is 0 Å². The quantitative estimate of drug-likeness (QED) is 0.853. The Morgan fingerprint density at radius 1 is 1.38 bits per heavy atom. The van der Waals surface area contributed by atoms with Crippen molar-refractivity contribution in [1.29, 1.82) is 0 Å². The highest BCUT2D eigenvalue weighted by Crippen LogP contribution is 2.22. The van der Waals surface area contributed by atoms with Crippen molar-refractivity contribution in [1.82, 2.24) is 9.59 Å². The van der Waals surface area contributed by atoms with Gasteiger partial charge in [0.2, 0.25) is 0 Å². The molecule has 0 atom stereocenters. The van der Waals surface area contributed by atoms with E-state index in [-0.39, 0.29) is 12.4 Å². The van der Waals surface area contributed by atoms with Gasteiger partial charge in [0, 0.05) is 17.6 Å². The van der Waals surface area contributed by atoms with Gasteiger partial charge in [0.1, 0.15) is 22.5 Å². The highest BCUT2D eigenvalue weighted by molar-refractivity contribution is 7.10. The van der Waals surface area contributed by atoms with E-state index in [1.54, 1.807) is 0 Å². The van der Waals surface area contributed by atoms with Crippen molar-refractivity contribution in [3.8, 4) is 5.75 Å². The van der Waals surface area contributed by atoms with Crippen molar-refractivity contribution < 1.29 is 13.5 Å². The van der Waals surface area contributed by atoms with Crippen LogP contribution in [0.15, 0.2) is 18.2 Å². The fourth-order valence-electron chi connectivity index (χ4n) is 1.02. The van der Waals surface area contributed by atoms with Crippen LogP contribution in [0, 0.1) is 11.6 Å². The summed E-state index contributed by atoms with van der Waals surface area (Å²) < 4.78 is 34.8. The van der Waals surface area contributed by atoms with Gasteiger partial charge < -0.3 is 4.74 Å². The molecule has 1 heterocycles. The van der Waals surface area contributed by atoms with Gasteiger partial charge >= 0.3 is 0 Å². The molecule has 7 heteroatoms. The second-order valence-electron chi connectivity index (χ2n) is 2.86. The van der Waals surface area contributed by atoms with Crippen LogP contribution in [0.4, 0.5) is 8.78 Å². The summed E-state index contributed by atoms with van der Waals surface area (Å²) in [7, 11) is 0. The smallest absolute Gasteiger partial charge is 0.167 e. The standard InChI is InChI=1S/C9H5ClF2N2OS/c10-9-7(13-14-16-9)4-15-8-2-1-5(11)3-6(8)12/h1-3H,4H2. The van der Waals surface area contributed by atoms with E-state index in [9.17, 15) is 8.78 Å². The Hall–Kier alpha value is -1.27. The van der Waals surface area contributed by atoms with Gasteiger partial charge in [-0.1, -0.05) is 16.1 Å². The number of benzene rings is 1. The monoisotopic (exact) mass is 262 g/mol. The van der Waals surface area contributed by atoms with Crippen LogP contribution in [0.2, 0.25) is 4.34 Å². The normalized spacial score (nSPS) is 10.4. The highest BCUT2D eigenvalue weighted by atomic mass is 35.5. The summed E-state index contributed by atoms with van der Waals surface area (Å²) in [5.41, 5.74) is 0.426. The van der Waals surface area contributed by atoms with Crippen LogP contribution >= 0.6 is 23.1 Å². The molecule has 2 rings (SSSR count). The van der Waals surface area contributed by atoms with Gasteiger partial charge in [-0.3, -0.25) is 0 Å². The molecule has 0 aliphatic heterocycles. The Labute approximate surface area is 98.8 Å². The molecule has 0 unspecified atom stereocenters. The first-order chi connectivity index (χ1) is 7.66. The molecule has 0 saturated carbocycles. The van der Waals surface area contributed by atoms with Crippen molar-refractivity contribution in [2.75, 3.05) is 0 Å². The average Bonchev–Trinajstić information content (AvgIpc) is 2.63. The number of hydrogen-bond donors (Lipinski definition) is 0. The lowest BCUT2D eigenvalue weighted by Crippen LogP contribution is -1.98. The summed E-state index contributed by atoms with van der Waals surface area (Å²) in [5, 5.41) is 3.69. The van der Waals surface area contributed by atoms with E-state index in [0.717, 1.165) is 23.7 Å². The molecule has 3 nitrogen and oxygen atoms in total. The summed E-state index contributed by atoms with van der Waals surface area (Å²) >= 11 is 6.75. The Kier molecular flexibility index (Phi) is 3.31. The van der Waals surface area contributed by atoms with E-state index in [1.807, 2.05) is 0 Å². The third-order valence-corrected chi connectivity index (χ3v) is 2.75. The molecule has 0 saturated heterocycles. The lowest BCUT2D eigenvalue weighted by atomic mass is 10.3. The van der Waals surface area contributed by atoms with Crippen LogP contribution in [0.3, 0.4) is 0 Å². The molecule has 0 amide bonds. The van der Waals surface area contributed by atoms with Crippen LogP contribution in [-0.4, -0.2) is 9.59 Å². The first-order valence-corrected chi connectivity index (χ1v) is 5.36. The van der Waals surface area contributed by atoms with Crippen LogP contribution in [0.5, 0.6) is 5.75 Å². The Morgan fingerprint density at radius 3 is 2.81 bits per heavy atom. The minimum Gasteiger partial charge on any atom is -0.484 e. The summed E-state index contributed by atoms with van der Waals surface area (Å²) in [6.07, 6.45) is 0. The van der Waals surface area contributed by atoms with E-state index in [4.69, 9.17) is 16.3 Å². The molecule has 0 N–H and O–H groups in total. The maximum Gasteiger partial charge on any atom is 0.167 e. The topological polar surface area (TPSA) is 35.0 Å². The number of halogens is 3. The molecule has 0 aliphatic rings. The van der Waals surface area contributed by atoms with Crippen molar-refractivity contribution in [3.63, 3.8) is 0 Å². The predicted molar refractivity (Wildman–Crippen MR) is 55.6 cm³/mol. The van der Waals surface area contributed by atoms with E-state index in [2.05, 4.69) is 9.59 Å². The predicted octanol–water partition coefficient (Wildman–Crippen LogP) is 3.05. The fourth-order valence-corrected chi connectivity index (χ4v) is 1.62. The zero-order chi connectivity index (χ0) is 11.5. The maximum atomic E-state index is 13.1. The molecule has 1 aromatic carbocycles. The first kappa shape index (κ1) is 11.2. The molecule has 1 aromatic heterocycles. The van der Waals surface area contributed by atoms with Gasteiger partial charge in [-0.2, -0.15) is 0 Å². The van der Waals surface area contributed by atoms with Gasteiger partial charge in [0.15, 0.2) is 11.6 Å². The zero-order valence-electron chi connectivity index (χ0n) is 7.78. The Morgan fingerprint density at radius 2 is 2.19 bits per heavy atom. The SMILES string of the molecule is Fc1ccc(OCc2nnsc2Cl)c(F)c1. The number of ether oxygens (including phenoxy) is 1. The molecule has 0 spiro atoms. The van der Waals surface area contributed by atoms with E-state index >= 15 is 0 Å². The molecular weight excluding hydrogens is 258 g/mol. The van der Waals surface area contributed by atoms with Crippen molar-refractivity contribution in [2.24, 2.45) is 0 Å². The lowest BCUT2D eigenvalue weighted by molar-refractivity contribution is 0.285. The zero-order valence-corrected chi connectivity index (χ0v) is 9.36. The van der Waals surface area contributed by atoms with Crippen LogP contribution in [-0.2, 0) is 6.61 Å². The number of nitrogens with zero attached hydrogens (tertiary/aromatic N) is 2. The van der Waals surface area contributed by atoms with Gasteiger partial charge in [-0.15, -0.1) is 5.10 Å². The van der Waals surface area contributed by atoms with E-state index < -0.39 is 11.6 Å². The van der Waals surface area contributed by atoms with E-state index in [1.165, 1.54) is 6.07 Å². The first-order valence-electron chi connectivity index (χ1n) is 4.21. The van der Waals surface area contributed by atoms with Gasteiger partial charge in [-0.25, -0.2) is 8.78 Å². The summed E-state index contributed by atoms with van der Waals surface area (Å²) in [6, 6.07) is 3.06. The minimum atomic E-state index is -0.765. The van der Waals surface area contributed by atoms with Crippen molar-refractivity contribution in [2.45, 2.75) is 6.61 Å². The van der Waals surface area contributed by atoms with Gasteiger partial charge in [0.25, 0.3) is 0 Å². The van der Waals surface area contributed by atoms with Crippen LogP contribution in [0.1, 0.15) is 5.69 Å². The van der Waals surface area contributed by atoms with Crippen LogP contribution in [0.25, 0.3) is 0 Å². The summed E-state index contributed by atoms with van der Waals surface area (Å²) in [6.45, 7) is -0.00210. The Bertz CT molecular complexity index is 506. The third kappa shape index (κ3) is 2.45.